The first kappa shape index (κ1) is 17.0. The second kappa shape index (κ2) is 8.29. The second-order valence-electron chi connectivity index (χ2n) is 5.72. The Bertz CT molecular complexity index is 478. The smallest absolute Gasteiger partial charge is 0.356 e. The van der Waals surface area contributed by atoms with E-state index in [1.165, 1.54) is 0 Å². The van der Waals surface area contributed by atoms with Gasteiger partial charge in [-0.1, -0.05) is 13.8 Å². The van der Waals surface area contributed by atoms with Crippen LogP contribution in [0.5, 0.6) is 0 Å². The minimum atomic E-state index is -0.337. The van der Waals surface area contributed by atoms with Gasteiger partial charge in [0.1, 0.15) is 5.69 Å². The van der Waals surface area contributed by atoms with Gasteiger partial charge in [-0.15, -0.1) is 0 Å². The number of carbonyl (C=O) groups is 1. The molecule has 6 nitrogen and oxygen atoms in total. The number of ether oxygens (including phenoxy) is 3. The molecule has 1 saturated heterocycles. The van der Waals surface area contributed by atoms with Crippen molar-refractivity contribution in [3.63, 3.8) is 0 Å². The van der Waals surface area contributed by atoms with Crippen LogP contribution in [0.3, 0.4) is 0 Å². The molecule has 2 rings (SSSR count). The van der Waals surface area contributed by atoms with Gasteiger partial charge in [-0.3, -0.25) is 4.68 Å². The van der Waals surface area contributed by atoms with Gasteiger partial charge in [-0.25, -0.2) is 4.79 Å². The molecule has 2 heterocycles. The summed E-state index contributed by atoms with van der Waals surface area (Å²) in [6.45, 7) is 8.00. The van der Waals surface area contributed by atoms with Crippen molar-refractivity contribution in [1.82, 2.24) is 9.78 Å². The van der Waals surface area contributed by atoms with Crippen LogP contribution in [-0.2, 0) is 20.8 Å². The first-order valence-electron chi connectivity index (χ1n) is 8.10. The summed E-state index contributed by atoms with van der Waals surface area (Å²) in [6, 6.07) is 1.81. The summed E-state index contributed by atoms with van der Waals surface area (Å²) in [5.41, 5.74) is 1.37. The van der Waals surface area contributed by atoms with Gasteiger partial charge in [0, 0.05) is 6.61 Å². The lowest BCUT2D eigenvalue weighted by Gasteiger charge is -2.22. The molecule has 0 spiro atoms. The van der Waals surface area contributed by atoms with Crippen LogP contribution >= 0.6 is 0 Å². The molecule has 0 aromatic carbocycles. The largest absolute Gasteiger partial charge is 0.461 e. The van der Waals surface area contributed by atoms with Gasteiger partial charge in [-0.2, -0.15) is 5.10 Å². The number of esters is 1. The Labute approximate surface area is 131 Å². The molecule has 1 unspecified atom stereocenters. The maximum atomic E-state index is 12.0. The van der Waals surface area contributed by atoms with Gasteiger partial charge in [0.05, 0.1) is 25.5 Å². The lowest BCUT2D eigenvalue weighted by atomic mass is 10.1. The summed E-state index contributed by atoms with van der Waals surface area (Å²) < 4.78 is 18.0. The lowest BCUT2D eigenvalue weighted by molar-refractivity contribution is -0.163. The number of rotatable bonds is 7. The SMILES string of the molecule is CCOC(=O)c1cc(C(C)C)nn1CCOC1CCCCO1. The number of hydrogen-bond acceptors (Lipinski definition) is 5. The monoisotopic (exact) mass is 310 g/mol. The van der Waals surface area contributed by atoms with E-state index in [0.717, 1.165) is 31.6 Å². The molecule has 1 aliphatic heterocycles. The molecule has 1 fully saturated rings. The highest BCUT2D eigenvalue weighted by molar-refractivity contribution is 5.87. The molecule has 0 bridgehead atoms. The molecule has 0 aliphatic carbocycles. The van der Waals surface area contributed by atoms with E-state index in [1.54, 1.807) is 17.7 Å². The molecule has 124 valence electrons. The topological polar surface area (TPSA) is 62.6 Å². The Morgan fingerprint density at radius 2 is 2.32 bits per heavy atom. The van der Waals surface area contributed by atoms with Crippen LogP contribution in [-0.4, -0.2) is 41.9 Å². The van der Waals surface area contributed by atoms with Crippen molar-refractivity contribution in [2.24, 2.45) is 0 Å². The van der Waals surface area contributed by atoms with Gasteiger partial charge in [0.2, 0.25) is 0 Å². The quantitative estimate of drug-likeness (QED) is 0.725. The van der Waals surface area contributed by atoms with Crippen LogP contribution in [0.4, 0.5) is 0 Å². The highest BCUT2D eigenvalue weighted by Crippen LogP contribution is 2.17. The van der Waals surface area contributed by atoms with Crippen molar-refractivity contribution in [3.05, 3.63) is 17.5 Å². The molecule has 1 aliphatic rings. The fourth-order valence-electron chi connectivity index (χ4n) is 2.37. The minimum Gasteiger partial charge on any atom is -0.461 e. The normalized spacial score (nSPS) is 18.6. The van der Waals surface area contributed by atoms with Crippen LogP contribution in [0.1, 0.15) is 62.1 Å². The molecule has 0 N–H and O–H groups in total. The molecule has 1 aromatic rings. The molecule has 1 aromatic heterocycles. The van der Waals surface area contributed by atoms with Gasteiger partial charge < -0.3 is 14.2 Å². The van der Waals surface area contributed by atoms with Gasteiger partial charge in [0.15, 0.2) is 6.29 Å². The first-order chi connectivity index (χ1) is 10.6. The number of carbonyl (C=O) groups excluding carboxylic acids is 1. The lowest BCUT2D eigenvalue weighted by Crippen LogP contribution is -2.25. The molecule has 0 radical (unpaired) electrons. The van der Waals surface area contributed by atoms with E-state index < -0.39 is 0 Å². The van der Waals surface area contributed by atoms with Crippen LogP contribution in [0, 0.1) is 0 Å². The van der Waals surface area contributed by atoms with Crippen molar-refractivity contribution in [1.29, 1.82) is 0 Å². The van der Waals surface area contributed by atoms with Gasteiger partial charge >= 0.3 is 5.97 Å². The third kappa shape index (κ3) is 4.55. The predicted molar refractivity (Wildman–Crippen MR) is 81.8 cm³/mol. The third-order valence-electron chi connectivity index (χ3n) is 3.62. The molecule has 1 atom stereocenters. The number of aromatic nitrogens is 2. The van der Waals surface area contributed by atoms with Crippen molar-refractivity contribution < 1.29 is 19.0 Å². The van der Waals surface area contributed by atoms with E-state index in [0.29, 0.717) is 25.5 Å². The van der Waals surface area contributed by atoms with Crippen LogP contribution < -0.4 is 0 Å². The Morgan fingerprint density at radius 1 is 1.50 bits per heavy atom. The van der Waals surface area contributed by atoms with E-state index >= 15 is 0 Å². The average molecular weight is 310 g/mol. The predicted octanol–water partition coefficient (Wildman–Crippen LogP) is 2.73. The van der Waals surface area contributed by atoms with Crippen molar-refractivity contribution in [2.75, 3.05) is 19.8 Å². The summed E-state index contributed by atoms with van der Waals surface area (Å²) in [7, 11) is 0. The summed E-state index contributed by atoms with van der Waals surface area (Å²) in [5, 5.41) is 4.49. The van der Waals surface area contributed by atoms with E-state index in [4.69, 9.17) is 14.2 Å². The average Bonchev–Trinajstić information content (AvgIpc) is 2.93. The maximum absolute atomic E-state index is 12.0. The maximum Gasteiger partial charge on any atom is 0.356 e. The van der Waals surface area contributed by atoms with E-state index in [9.17, 15) is 4.79 Å². The molecular formula is C16H26N2O4. The van der Waals surface area contributed by atoms with Crippen LogP contribution in [0.25, 0.3) is 0 Å². The molecular weight excluding hydrogens is 284 g/mol. The van der Waals surface area contributed by atoms with E-state index in [1.807, 2.05) is 13.8 Å². The Balaban J connectivity index is 1.96. The highest BCUT2D eigenvalue weighted by Gasteiger charge is 2.19. The highest BCUT2D eigenvalue weighted by atomic mass is 16.7. The summed E-state index contributed by atoms with van der Waals surface area (Å²) >= 11 is 0. The number of nitrogens with zero attached hydrogens (tertiary/aromatic N) is 2. The minimum absolute atomic E-state index is 0.125. The zero-order valence-electron chi connectivity index (χ0n) is 13.7. The summed E-state index contributed by atoms with van der Waals surface area (Å²) in [5.74, 6) is -0.0761. The Morgan fingerprint density at radius 3 is 2.95 bits per heavy atom. The summed E-state index contributed by atoms with van der Waals surface area (Å²) in [4.78, 5) is 12.0. The Hall–Kier alpha value is -1.40. The van der Waals surface area contributed by atoms with Crippen molar-refractivity contribution in [2.45, 2.75) is 58.8 Å². The fraction of sp³-hybridized carbons (Fsp3) is 0.750. The zero-order chi connectivity index (χ0) is 15.9. The van der Waals surface area contributed by atoms with Crippen molar-refractivity contribution in [3.8, 4) is 0 Å². The molecule has 0 saturated carbocycles. The fourth-order valence-corrected chi connectivity index (χ4v) is 2.37. The van der Waals surface area contributed by atoms with Crippen molar-refractivity contribution >= 4 is 5.97 Å². The zero-order valence-corrected chi connectivity index (χ0v) is 13.7. The van der Waals surface area contributed by atoms with E-state index in [2.05, 4.69) is 5.10 Å². The molecule has 22 heavy (non-hydrogen) atoms. The number of hydrogen-bond donors (Lipinski definition) is 0. The van der Waals surface area contributed by atoms with Gasteiger partial charge in [0.25, 0.3) is 0 Å². The van der Waals surface area contributed by atoms with Crippen LogP contribution in [0.2, 0.25) is 0 Å². The first-order valence-corrected chi connectivity index (χ1v) is 8.10. The third-order valence-corrected chi connectivity index (χ3v) is 3.62. The molecule has 6 heteroatoms. The standard InChI is InChI=1S/C16H26N2O4/c1-4-20-16(19)14-11-13(12(2)3)17-18(14)8-10-22-15-7-5-6-9-21-15/h11-12,15H,4-10H2,1-3H3. The van der Waals surface area contributed by atoms with E-state index in [-0.39, 0.29) is 18.2 Å². The van der Waals surface area contributed by atoms with Gasteiger partial charge in [-0.05, 0) is 38.2 Å². The summed E-state index contributed by atoms with van der Waals surface area (Å²) in [6.07, 6.45) is 3.04. The second-order valence-corrected chi connectivity index (χ2v) is 5.72. The molecule has 0 amide bonds. The Kier molecular flexibility index (Phi) is 6.39. The van der Waals surface area contributed by atoms with Crippen LogP contribution in [0.15, 0.2) is 6.07 Å².